The van der Waals surface area contributed by atoms with E-state index in [2.05, 4.69) is 0 Å². The van der Waals surface area contributed by atoms with Gasteiger partial charge in [-0.1, -0.05) is 30.3 Å². The molecule has 1 aromatic rings. The molecule has 0 aromatic heterocycles. The van der Waals surface area contributed by atoms with Gasteiger partial charge < -0.3 is 9.64 Å². The van der Waals surface area contributed by atoms with Crippen LogP contribution in [0.2, 0.25) is 0 Å². The monoisotopic (exact) mass is 354 g/mol. The standard InChI is InChI=1S/C16H22N2O5S/c1-3-23-16(20)12-17-9-10-18(11-15(17)19)24(21,22)13(2)14-7-5-4-6-8-14/h4-8,13H,3,9-12H2,1-2H3. The van der Waals surface area contributed by atoms with Crippen LogP contribution in [0.4, 0.5) is 0 Å². The van der Waals surface area contributed by atoms with Crippen molar-refractivity contribution in [2.75, 3.05) is 32.8 Å². The van der Waals surface area contributed by atoms with Gasteiger partial charge in [-0.25, -0.2) is 8.42 Å². The highest BCUT2D eigenvalue weighted by atomic mass is 32.2. The Kier molecular flexibility index (Phi) is 5.95. The Labute approximate surface area is 142 Å². The van der Waals surface area contributed by atoms with Crippen molar-refractivity contribution in [3.05, 3.63) is 35.9 Å². The Balaban J connectivity index is 2.04. The number of sulfonamides is 1. The zero-order valence-corrected chi connectivity index (χ0v) is 14.7. The van der Waals surface area contributed by atoms with Gasteiger partial charge in [0.25, 0.3) is 0 Å². The number of carbonyl (C=O) groups excluding carboxylic acids is 2. The lowest BCUT2D eigenvalue weighted by atomic mass is 10.2. The lowest BCUT2D eigenvalue weighted by molar-refractivity contribution is -0.150. The smallest absolute Gasteiger partial charge is 0.325 e. The van der Waals surface area contributed by atoms with Crippen LogP contribution in [0, 0.1) is 0 Å². The van der Waals surface area contributed by atoms with E-state index >= 15 is 0 Å². The number of carbonyl (C=O) groups is 2. The average molecular weight is 354 g/mol. The summed E-state index contributed by atoms with van der Waals surface area (Å²) in [6.07, 6.45) is 0. The Morgan fingerprint density at radius 1 is 1.25 bits per heavy atom. The van der Waals surface area contributed by atoms with E-state index in [4.69, 9.17) is 4.74 Å². The molecule has 0 saturated carbocycles. The number of benzene rings is 1. The van der Waals surface area contributed by atoms with Crippen LogP contribution < -0.4 is 0 Å². The predicted molar refractivity (Wildman–Crippen MR) is 88.6 cm³/mol. The van der Waals surface area contributed by atoms with E-state index in [1.807, 2.05) is 6.07 Å². The van der Waals surface area contributed by atoms with E-state index in [0.29, 0.717) is 5.56 Å². The normalized spacial score (nSPS) is 17.6. The van der Waals surface area contributed by atoms with Crippen LogP contribution >= 0.6 is 0 Å². The van der Waals surface area contributed by atoms with Crippen molar-refractivity contribution in [3.8, 4) is 0 Å². The minimum atomic E-state index is -3.64. The third kappa shape index (κ3) is 4.12. The lowest BCUT2D eigenvalue weighted by Crippen LogP contribution is -2.54. The summed E-state index contributed by atoms with van der Waals surface area (Å²) in [4.78, 5) is 25.0. The summed E-state index contributed by atoms with van der Waals surface area (Å²) in [5, 5.41) is -0.733. The number of esters is 1. The first-order chi connectivity index (χ1) is 11.4. The van der Waals surface area contributed by atoms with Gasteiger partial charge in [0.05, 0.1) is 18.4 Å². The maximum atomic E-state index is 12.7. The zero-order valence-electron chi connectivity index (χ0n) is 13.8. The maximum Gasteiger partial charge on any atom is 0.325 e. The lowest BCUT2D eigenvalue weighted by Gasteiger charge is -2.34. The summed E-state index contributed by atoms with van der Waals surface area (Å²) >= 11 is 0. The van der Waals surface area contributed by atoms with Crippen molar-refractivity contribution in [1.82, 2.24) is 9.21 Å². The fourth-order valence-electron chi connectivity index (χ4n) is 2.55. The highest BCUT2D eigenvalue weighted by molar-refractivity contribution is 7.89. The number of amides is 1. The van der Waals surface area contributed by atoms with Crippen LogP contribution in [0.5, 0.6) is 0 Å². The largest absolute Gasteiger partial charge is 0.465 e. The van der Waals surface area contributed by atoms with Gasteiger partial charge in [0.1, 0.15) is 6.54 Å². The summed E-state index contributed by atoms with van der Waals surface area (Å²) in [6, 6.07) is 8.89. The van der Waals surface area contributed by atoms with Crippen molar-refractivity contribution in [2.45, 2.75) is 19.1 Å². The number of ether oxygens (including phenoxy) is 1. The summed E-state index contributed by atoms with van der Waals surface area (Å²) < 4.78 is 31.5. The Morgan fingerprint density at radius 3 is 2.50 bits per heavy atom. The molecule has 1 aliphatic rings. The number of piperazine rings is 1. The Morgan fingerprint density at radius 2 is 1.92 bits per heavy atom. The van der Waals surface area contributed by atoms with Crippen molar-refractivity contribution >= 4 is 21.9 Å². The average Bonchev–Trinajstić information content (AvgIpc) is 2.57. The quantitative estimate of drug-likeness (QED) is 0.705. The molecular formula is C16H22N2O5S. The molecule has 0 spiro atoms. The molecule has 0 aliphatic carbocycles. The molecule has 1 heterocycles. The number of nitrogens with zero attached hydrogens (tertiary/aromatic N) is 2. The van der Waals surface area contributed by atoms with Crippen LogP contribution in [-0.4, -0.2) is 62.3 Å². The zero-order chi connectivity index (χ0) is 17.7. The van der Waals surface area contributed by atoms with Crippen molar-refractivity contribution in [3.63, 3.8) is 0 Å². The van der Waals surface area contributed by atoms with E-state index in [1.54, 1.807) is 38.1 Å². The first-order valence-electron chi connectivity index (χ1n) is 7.83. The topological polar surface area (TPSA) is 84.0 Å². The molecule has 1 aromatic carbocycles. The van der Waals surface area contributed by atoms with Crippen LogP contribution in [0.25, 0.3) is 0 Å². The molecule has 132 valence electrons. The molecule has 2 rings (SSSR count). The molecule has 1 saturated heterocycles. The molecule has 1 atom stereocenters. The van der Waals surface area contributed by atoms with E-state index in [1.165, 1.54) is 9.21 Å². The van der Waals surface area contributed by atoms with Gasteiger partial charge >= 0.3 is 5.97 Å². The number of hydrogen-bond acceptors (Lipinski definition) is 5. The van der Waals surface area contributed by atoms with Crippen molar-refractivity contribution in [1.29, 1.82) is 0 Å². The van der Waals surface area contributed by atoms with Gasteiger partial charge in [-0.3, -0.25) is 9.59 Å². The second-order valence-corrected chi connectivity index (χ2v) is 7.81. The fraction of sp³-hybridized carbons (Fsp3) is 0.500. The molecule has 1 aliphatic heterocycles. The van der Waals surface area contributed by atoms with Crippen LogP contribution in [0.15, 0.2) is 30.3 Å². The second kappa shape index (κ2) is 7.76. The minimum Gasteiger partial charge on any atom is -0.465 e. The predicted octanol–water partition coefficient (Wildman–Crippen LogP) is 0.785. The fourth-order valence-corrected chi connectivity index (χ4v) is 4.13. The summed E-state index contributed by atoms with van der Waals surface area (Å²) in [5.74, 6) is -0.877. The maximum absolute atomic E-state index is 12.7. The van der Waals surface area contributed by atoms with Gasteiger partial charge in [0.15, 0.2) is 0 Å². The molecular weight excluding hydrogens is 332 g/mol. The van der Waals surface area contributed by atoms with Gasteiger partial charge in [-0.2, -0.15) is 4.31 Å². The SMILES string of the molecule is CCOC(=O)CN1CCN(S(=O)(=O)C(C)c2ccccc2)CC1=O. The third-order valence-electron chi connectivity index (χ3n) is 3.98. The van der Waals surface area contributed by atoms with Gasteiger partial charge in [-0.15, -0.1) is 0 Å². The summed E-state index contributed by atoms with van der Waals surface area (Å²) in [6.45, 7) is 3.50. The van der Waals surface area contributed by atoms with Crippen molar-refractivity contribution < 1.29 is 22.7 Å². The molecule has 1 unspecified atom stereocenters. The highest BCUT2D eigenvalue weighted by Gasteiger charge is 2.36. The van der Waals surface area contributed by atoms with E-state index < -0.39 is 27.1 Å². The van der Waals surface area contributed by atoms with E-state index in [9.17, 15) is 18.0 Å². The molecule has 0 radical (unpaired) electrons. The molecule has 1 fully saturated rings. The van der Waals surface area contributed by atoms with E-state index in [-0.39, 0.29) is 32.8 Å². The van der Waals surface area contributed by atoms with Crippen LogP contribution in [-0.2, 0) is 24.3 Å². The summed E-state index contributed by atoms with van der Waals surface area (Å²) in [7, 11) is -3.64. The van der Waals surface area contributed by atoms with Gasteiger partial charge in [0.2, 0.25) is 15.9 Å². The molecule has 0 bridgehead atoms. The molecule has 1 amide bonds. The molecule has 7 nitrogen and oxygen atoms in total. The number of rotatable bonds is 6. The summed E-state index contributed by atoms with van der Waals surface area (Å²) in [5.41, 5.74) is 0.680. The van der Waals surface area contributed by atoms with E-state index in [0.717, 1.165) is 0 Å². The second-order valence-electron chi connectivity index (χ2n) is 5.55. The van der Waals surface area contributed by atoms with Crippen LogP contribution in [0.3, 0.4) is 0 Å². The Hall–Kier alpha value is -1.93. The third-order valence-corrected chi connectivity index (χ3v) is 6.18. The van der Waals surface area contributed by atoms with Crippen molar-refractivity contribution in [2.24, 2.45) is 0 Å². The van der Waals surface area contributed by atoms with Crippen LogP contribution in [0.1, 0.15) is 24.7 Å². The molecule has 0 N–H and O–H groups in total. The molecule has 24 heavy (non-hydrogen) atoms. The van der Waals surface area contributed by atoms with Gasteiger partial charge in [0, 0.05) is 13.1 Å². The number of hydrogen-bond donors (Lipinski definition) is 0. The van der Waals surface area contributed by atoms with Gasteiger partial charge in [-0.05, 0) is 19.4 Å². The molecule has 8 heteroatoms. The Bertz CT molecular complexity index is 690. The first-order valence-corrected chi connectivity index (χ1v) is 9.34. The highest BCUT2D eigenvalue weighted by Crippen LogP contribution is 2.25. The first kappa shape index (κ1) is 18.4. The minimum absolute atomic E-state index is 0.144.